The Morgan fingerprint density at radius 2 is 2.00 bits per heavy atom. The minimum atomic E-state index is -0.780. The quantitative estimate of drug-likeness (QED) is 0.605. The smallest absolute Gasteiger partial charge is 0.331 e. The number of nitrogens with zero attached hydrogens (tertiary/aromatic N) is 1. The lowest BCUT2D eigenvalue weighted by molar-refractivity contribution is -0.130. The monoisotopic (exact) mass is 320 g/mol. The number of aromatic hydroxyl groups is 1. The van der Waals surface area contributed by atoms with Crippen LogP contribution in [0.4, 0.5) is 4.79 Å². The molecule has 122 valence electrons. The number of hydrogen-bond acceptors (Lipinski definition) is 6. The Bertz CT molecular complexity index is 683. The van der Waals surface area contributed by atoms with Gasteiger partial charge in [0.2, 0.25) is 0 Å². The standard InChI is InChI=1S/C15H16N2O6/c1-22-6-5-17-14(20)10(13(19)16-15(17)21)7-9-3-4-11(18)12(8-9)23-2/h3-4,7-8,18H,5-6H2,1-2H3,(H,16,19,21)/b10-7+. The molecular weight excluding hydrogens is 304 g/mol. The summed E-state index contributed by atoms with van der Waals surface area (Å²) in [5, 5.41) is 11.7. The molecule has 0 unspecified atom stereocenters. The van der Waals surface area contributed by atoms with Crippen LogP contribution in [0.1, 0.15) is 5.56 Å². The third-order valence-corrected chi connectivity index (χ3v) is 3.22. The van der Waals surface area contributed by atoms with Gasteiger partial charge in [0.15, 0.2) is 11.5 Å². The number of carbonyl (C=O) groups is 3. The molecule has 2 rings (SSSR count). The molecule has 23 heavy (non-hydrogen) atoms. The maximum absolute atomic E-state index is 12.3. The first-order valence-corrected chi connectivity index (χ1v) is 6.72. The number of nitrogens with one attached hydrogen (secondary N) is 1. The lowest BCUT2D eigenvalue weighted by atomic mass is 10.1. The normalized spacial score (nSPS) is 16.7. The van der Waals surface area contributed by atoms with Gasteiger partial charge in [-0.1, -0.05) is 6.07 Å². The van der Waals surface area contributed by atoms with Crippen LogP contribution in [-0.2, 0) is 14.3 Å². The number of carbonyl (C=O) groups excluding carboxylic acids is 3. The summed E-state index contributed by atoms with van der Waals surface area (Å²) in [6.45, 7) is 0.193. The van der Waals surface area contributed by atoms with E-state index in [1.165, 1.54) is 38.5 Å². The number of phenolic OH excluding ortho intramolecular Hbond substituents is 1. The molecule has 8 heteroatoms. The molecule has 0 atom stereocenters. The molecule has 1 aliphatic heterocycles. The lowest BCUT2D eigenvalue weighted by Gasteiger charge is -2.26. The van der Waals surface area contributed by atoms with Crippen LogP contribution in [-0.4, -0.2) is 55.2 Å². The second kappa shape index (κ2) is 6.93. The molecule has 1 aromatic rings. The van der Waals surface area contributed by atoms with Crippen molar-refractivity contribution >= 4 is 23.9 Å². The van der Waals surface area contributed by atoms with E-state index in [4.69, 9.17) is 9.47 Å². The second-order valence-electron chi connectivity index (χ2n) is 4.70. The molecule has 1 saturated heterocycles. The number of amides is 4. The number of phenols is 1. The van der Waals surface area contributed by atoms with Gasteiger partial charge in [-0.15, -0.1) is 0 Å². The average Bonchev–Trinajstić information content (AvgIpc) is 2.52. The zero-order valence-corrected chi connectivity index (χ0v) is 12.7. The summed E-state index contributed by atoms with van der Waals surface area (Å²) >= 11 is 0. The zero-order chi connectivity index (χ0) is 17.0. The van der Waals surface area contributed by atoms with E-state index in [1.54, 1.807) is 0 Å². The molecule has 0 radical (unpaired) electrons. The Kier molecular flexibility index (Phi) is 4.97. The summed E-state index contributed by atoms with van der Waals surface area (Å²) in [4.78, 5) is 36.8. The van der Waals surface area contributed by atoms with Crippen LogP contribution in [0, 0.1) is 0 Å². The average molecular weight is 320 g/mol. The van der Waals surface area contributed by atoms with Crippen LogP contribution in [0.5, 0.6) is 11.5 Å². The maximum atomic E-state index is 12.3. The number of imide groups is 2. The molecule has 0 spiro atoms. The SMILES string of the molecule is COCCN1C(=O)NC(=O)/C(=C\c2ccc(O)c(OC)c2)C1=O. The molecule has 1 fully saturated rings. The van der Waals surface area contributed by atoms with Crippen molar-refractivity contribution in [3.05, 3.63) is 29.3 Å². The highest BCUT2D eigenvalue weighted by molar-refractivity contribution is 6.31. The predicted molar refractivity (Wildman–Crippen MR) is 79.8 cm³/mol. The molecule has 0 aromatic heterocycles. The van der Waals surface area contributed by atoms with Crippen LogP contribution in [0.25, 0.3) is 6.08 Å². The van der Waals surface area contributed by atoms with Crippen LogP contribution in [0.15, 0.2) is 23.8 Å². The molecule has 4 amide bonds. The van der Waals surface area contributed by atoms with Gasteiger partial charge in [0.05, 0.1) is 20.3 Å². The summed E-state index contributed by atoms with van der Waals surface area (Å²) in [5.74, 6) is -1.34. The molecule has 1 aliphatic rings. The third-order valence-electron chi connectivity index (χ3n) is 3.22. The predicted octanol–water partition coefficient (Wildman–Crippen LogP) is 0.509. The molecule has 0 aliphatic carbocycles. The maximum Gasteiger partial charge on any atom is 0.331 e. The number of benzene rings is 1. The zero-order valence-electron chi connectivity index (χ0n) is 12.7. The Hall–Kier alpha value is -2.87. The van der Waals surface area contributed by atoms with Crippen molar-refractivity contribution in [3.8, 4) is 11.5 Å². The van der Waals surface area contributed by atoms with Crippen molar-refractivity contribution in [2.75, 3.05) is 27.4 Å². The van der Waals surface area contributed by atoms with Gasteiger partial charge >= 0.3 is 6.03 Å². The first kappa shape index (κ1) is 16.5. The van der Waals surface area contributed by atoms with Gasteiger partial charge in [-0.25, -0.2) is 4.79 Å². The van der Waals surface area contributed by atoms with E-state index >= 15 is 0 Å². The number of hydrogen-bond donors (Lipinski definition) is 2. The minimum absolute atomic E-state index is 0.0324. The van der Waals surface area contributed by atoms with E-state index in [0.717, 1.165) is 4.90 Å². The number of rotatable bonds is 5. The van der Waals surface area contributed by atoms with E-state index in [0.29, 0.717) is 5.56 Å². The van der Waals surface area contributed by atoms with Gasteiger partial charge in [0.1, 0.15) is 5.57 Å². The van der Waals surface area contributed by atoms with Crippen molar-refractivity contribution < 1.29 is 29.0 Å². The van der Waals surface area contributed by atoms with E-state index in [-0.39, 0.29) is 30.2 Å². The van der Waals surface area contributed by atoms with Crippen LogP contribution < -0.4 is 10.1 Å². The van der Waals surface area contributed by atoms with E-state index in [9.17, 15) is 19.5 Å². The molecule has 1 aromatic carbocycles. The van der Waals surface area contributed by atoms with Crippen LogP contribution >= 0.6 is 0 Å². The van der Waals surface area contributed by atoms with Crippen molar-refractivity contribution in [2.45, 2.75) is 0 Å². The summed E-state index contributed by atoms with van der Waals surface area (Å²) in [6.07, 6.45) is 1.33. The van der Waals surface area contributed by atoms with Crippen molar-refractivity contribution in [1.29, 1.82) is 0 Å². The second-order valence-corrected chi connectivity index (χ2v) is 4.70. The number of methoxy groups -OCH3 is 2. The number of urea groups is 1. The van der Waals surface area contributed by atoms with Gasteiger partial charge < -0.3 is 14.6 Å². The fourth-order valence-electron chi connectivity index (χ4n) is 2.03. The molecule has 2 N–H and O–H groups in total. The highest BCUT2D eigenvalue weighted by atomic mass is 16.5. The van der Waals surface area contributed by atoms with E-state index in [1.807, 2.05) is 0 Å². The summed E-state index contributed by atoms with van der Waals surface area (Å²) in [5.41, 5.74) is 0.285. The Balaban J connectivity index is 2.34. The van der Waals surface area contributed by atoms with Crippen LogP contribution in [0.2, 0.25) is 0 Å². The topological polar surface area (TPSA) is 105 Å². The first-order chi connectivity index (χ1) is 11.0. The third kappa shape index (κ3) is 3.49. The Labute approximate surface area is 132 Å². The van der Waals surface area contributed by atoms with E-state index in [2.05, 4.69) is 5.32 Å². The molecule has 0 saturated carbocycles. The van der Waals surface area contributed by atoms with Gasteiger partial charge in [-0.3, -0.25) is 19.8 Å². The highest BCUT2D eigenvalue weighted by Crippen LogP contribution is 2.27. The Morgan fingerprint density at radius 3 is 2.65 bits per heavy atom. The fourth-order valence-corrected chi connectivity index (χ4v) is 2.03. The number of barbiturate groups is 1. The van der Waals surface area contributed by atoms with Gasteiger partial charge in [0.25, 0.3) is 11.8 Å². The lowest BCUT2D eigenvalue weighted by Crippen LogP contribution is -2.54. The molecular formula is C15H16N2O6. The fraction of sp³-hybridized carbons (Fsp3) is 0.267. The Morgan fingerprint density at radius 1 is 1.26 bits per heavy atom. The van der Waals surface area contributed by atoms with Gasteiger partial charge in [-0.05, 0) is 23.8 Å². The first-order valence-electron chi connectivity index (χ1n) is 6.72. The summed E-state index contributed by atoms with van der Waals surface area (Å²) in [7, 11) is 2.83. The molecule has 8 nitrogen and oxygen atoms in total. The number of ether oxygens (including phenoxy) is 2. The van der Waals surface area contributed by atoms with Crippen molar-refractivity contribution in [2.24, 2.45) is 0 Å². The van der Waals surface area contributed by atoms with Crippen LogP contribution in [0.3, 0.4) is 0 Å². The van der Waals surface area contributed by atoms with Gasteiger partial charge in [0, 0.05) is 7.11 Å². The van der Waals surface area contributed by atoms with Crippen molar-refractivity contribution in [3.63, 3.8) is 0 Å². The minimum Gasteiger partial charge on any atom is -0.504 e. The largest absolute Gasteiger partial charge is 0.504 e. The van der Waals surface area contributed by atoms with E-state index < -0.39 is 17.8 Å². The highest BCUT2D eigenvalue weighted by Gasteiger charge is 2.35. The van der Waals surface area contributed by atoms with Crippen molar-refractivity contribution in [1.82, 2.24) is 10.2 Å². The molecule has 1 heterocycles. The molecule has 0 bridgehead atoms. The summed E-state index contributed by atoms with van der Waals surface area (Å²) < 4.78 is 9.82. The summed E-state index contributed by atoms with van der Waals surface area (Å²) in [6, 6.07) is 3.59. The van der Waals surface area contributed by atoms with Gasteiger partial charge in [-0.2, -0.15) is 0 Å².